The molecule has 0 saturated carbocycles. The number of hydrogen-bond acceptors (Lipinski definition) is 3. The van der Waals surface area contributed by atoms with Crippen LogP contribution in [0.2, 0.25) is 5.02 Å². The zero-order valence-corrected chi connectivity index (χ0v) is 11.4. The van der Waals surface area contributed by atoms with E-state index in [9.17, 15) is 0 Å². The third-order valence-corrected chi connectivity index (χ3v) is 3.57. The van der Waals surface area contributed by atoms with E-state index >= 15 is 0 Å². The van der Waals surface area contributed by atoms with Crippen molar-refractivity contribution in [3.8, 4) is 0 Å². The first-order chi connectivity index (χ1) is 8.68. The summed E-state index contributed by atoms with van der Waals surface area (Å²) in [6, 6.07) is 7.62. The van der Waals surface area contributed by atoms with Gasteiger partial charge in [-0.25, -0.2) is 0 Å². The molecular formula is C14H20ClNO2. The smallest absolute Gasteiger partial charge is 0.0987 e. The average molecular weight is 270 g/mol. The van der Waals surface area contributed by atoms with E-state index in [1.165, 1.54) is 0 Å². The van der Waals surface area contributed by atoms with Gasteiger partial charge in [0.05, 0.1) is 19.3 Å². The highest BCUT2D eigenvalue weighted by Gasteiger charge is 2.23. The van der Waals surface area contributed by atoms with Crippen molar-refractivity contribution in [2.24, 2.45) is 11.7 Å². The highest BCUT2D eigenvalue weighted by Crippen LogP contribution is 2.28. The predicted octanol–water partition coefficient (Wildman–Crippen LogP) is 2.78. The first kappa shape index (κ1) is 13.8. The molecule has 1 aromatic carbocycles. The van der Waals surface area contributed by atoms with Crippen molar-refractivity contribution in [3.63, 3.8) is 0 Å². The molecule has 2 rings (SSSR count). The second kappa shape index (κ2) is 6.53. The molecule has 1 fully saturated rings. The molecule has 4 heteroatoms. The highest BCUT2D eigenvalue weighted by atomic mass is 35.5. The van der Waals surface area contributed by atoms with Crippen LogP contribution in [0.3, 0.4) is 0 Å². The maximum absolute atomic E-state index is 6.20. The highest BCUT2D eigenvalue weighted by molar-refractivity contribution is 6.31. The Kier molecular flexibility index (Phi) is 5.01. The molecule has 0 aliphatic carbocycles. The lowest BCUT2D eigenvalue weighted by molar-refractivity contribution is 0.0135. The molecule has 0 radical (unpaired) electrons. The van der Waals surface area contributed by atoms with Crippen LogP contribution < -0.4 is 5.73 Å². The molecule has 0 spiro atoms. The van der Waals surface area contributed by atoms with Gasteiger partial charge in [0.1, 0.15) is 0 Å². The second-order valence-corrected chi connectivity index (χ2v) is 5.27. The van der Waals surface area contributed by atoms with Gasteiger partial charge in [-0.15, -0.1) is 0 Å². The van der Waals surface area contributed by atoms with Crippen LogP contribution in [0.4, 0.5) is 0 Å². The Labute approximate surface area is 113 Å². The van der Waals surface area contributed by atoms with Gasteiger partial charge in [-0.2, -0.15) is 0 Å². The molecule has 3 nitrogen and oxygen atoms in total. The molecule has 1 aliphatic heterocycles. The van der Waals surface area contributed by atoms with E-state index in [4.69, 9.17) is 26.8 Å². The van der Waals surface area contributed by atoms with E-state index in [-0.39, 0.29) is 12.1 Å². The Morgan fingerprint density at radius 2 is 2.28 bits per heavy atom. The molecule has 0 bridgehead atoms. The lowest BCUT2D eigenvalue weighted by atomic mass is 10.0. The monoisotopic (exact) mass is 269 g/mol. The maximum Gasteiger partial charge on any atom is 0.0987 e. The molecule has 1 saturated heterocycles. The number of halogens is 1. The zero-order chi connectivity index (χ0) is 13.0. The average Bonchev–Trinajstić information content (AvgIpc) is 2.84. The molecule has 0 aromatic heterocycles. The van der Waals surface area contributed by atoms with E-state index < -0.39 is 0 Å². The minimum absolute atomic E-state index is 0.0905. The van der Waals surface area contributed by atoms with E-state index in [1.54, 1.807) is 0 Å². The van der Waals surface area contributed by atoms with Gasteiger partial charge in [-0.05, 0) is 19.4 Å². The maximum atomic E-state index is 6.20. The summed E-state index contributed by atoms with van der Waals surface area (Å²) in [6.45, 7) is 4.24. The largest absolute Gasteiger partial charge is 0.381 e. The Bertz CT molecular complexity index is 378. The Morgan fingerprint density at radius 1 is 1.50 bits per heavy atom. The molecule has 1 heterocycles. The number of nitrogens with two attached hydrogens (primary N) is 1. The molecule has 3 unspecified atom stereocenters. The van der Waals surface area contributed by atoms with Gasteiger partial charge >= 0.3 is 0 Å². The lowest BCUT2D eigenvalue weighted by Crippen LogP contribution is -2.29. The van der Waals surface area contributed by atoms with Crippen LogP contribution in [-0.4, -0.2) is 25.9 Å². The normalized spacial score (nSPS) is 22.9. The SMILES string of the molecule is CC(N)C(OCC1CCOC1)c1ccccc1Cl. The number of benzene rings is 1. The first-order valence-corrected chi connectivity index (χ1v) is 6.75. The summed E-state index contributed by atoms with van der Waals surface area (Å²) in [5, 5.41) is 0.711. The number of rotatable bonds is 5. The predicted molar refractivity (Wildman–Crippen MR) is 72.7 cm³/mol. The third kappa shape index (κ3) is 3.45. The van der Waals surface area contributed by atoms with Crippen LogP contribution in [-0.2, 0) is 9.47 Å². The van der Waals surface area contributed by atoms with Gasteiger partial charge < -0.3 is 15.2 Å². The van der Waals surface area contributed by atoms with Crippen molar-refractivity contribution in [1.29, 1.82) is 0 Å². The summed E-state index contributed by atoms with van der Waals surface area (Å²) in [4.78, 5) is 0. The molecule has 3 atom stereocenters. The van der Waals surface area contributed by atoms with Crippen molar-refractivity contribution in [3.05, 3.63) is 34.9 Å². The van der Waals surface area contributed by atoms with Crippen LogP contribution in [0.1, 0.15) is 25.0 Å². The topological polar surface area (TPSA) is 44.5 Å². The standard InChI is InChI=1S/C14H20ClNO2/c1-10(16)14(12-4-2-3-5-13(12)15)18-9-11-6-7-17-8-11/h2-5,10-11,14H,6-9,16H2,1H3. The Hall–Kier alpha value is -0.610. The molecule has 0 amide bonds. The zero-order valence-electron chi connectivity index (χ0n) is 10.6. The molecule has 1 aromatic rings. The van der Waals surface area contributed by atoms with Crippen LogP contribution in [0.15, 0.2) is 24.3 Å². The number of ether oxygens (including phenoxy) is 2. The molecule has 2 N–H and O–H groups in total. The van der Waals surface area contributed by atoms with Crippen molar-refractivity contribution in [2.75, 3.05) is 19.8 Å². The van der Waals surface area contributed by atoms with Crippen LogP contribution in [0, 0.1) is 5.92 Å². The minimum Gasteiger partial charge on any atom is -0.381 e. The Balaban J connectivity index is 2.01. The summed E-state index contributed by atoms with van der Waals surface area (Å²) in [5.74, 6) is 0.480. The molecule has 18 heavy (non-hydrogen) atoms. The van der Waals surface area contributed by atoms with E-state index in [0.717, 1.165) is 25.2 Å². The lowest BCUT2D eigenvalue weighted by Gasteiger charge is -2.24. The van der Waals surface area contributed by atoms with Crippen molar-refractivity contribution in [1.82, 2.24) is 0 Å². The summed E-state index contributed by atoms with van der Waals surface area (Å²) in [7, 11) is 0. The fourth-order valence-electron chi connectivity index (χ4n) is 2.19. The summed E-state index contributed by atoms with van der Waals surface area (Å²) >= 11 is 6.20. The molecule has 1 aliphatic rings. The second-order valence-electron chi connectivity index (χ2n) is 4.86. The summed E-state index contributed by atoms with van der Waals surface area (Å²) in [6.07, 6.45) is 0.910. The third-order valence-electron chi connectivity index (χ3n) is 3.22. The molecular weight excluding hydrogens is 250 g/mol. The van der Waals surface area contributed by atoms with E-state index in [0.29, 0.717) is 17.5 Å². The quantitative estimate of drug-likeness (QED) is 0.894. The fourth-order valence-corrected chi connectivity index (χ4v) is 2.43. The van der Waals surface area contributed by atoms with Gasteiger partial charge in [-0.1, -0.05) is 29.8 Å². The van der Waals surface area contributed by atoms with E-state index in [1.807, 2.05) is 31.2 Å². The van der Waals surface area contributed by atoms with Gasteiger partial charge in [-0.3, -0.25) is 0 Å². The first-order valence-electron chi connectivity index (χ1n) is 6.38. The fraction of sp³-hybridized carbons (Fsp3) is 0.571. The summed E-state index contributed by atoms with van der Waals surface area (Å²) in [5.41, 5.74) is 6.97. The van der Waals surface area contributed by atoms with Crippen molar-refractivity contribution < 1.29 is 9.47 Å². The van der Waals surface area contributed by atoms with E-state index in [2.05, 4.69) is 0 Å². The van der Waals surface area contributed by atoms with Gasteiger partial charge in [0, 0.05) is 29.2 Å². The van der Waals surface area contributed by atoms with Gasteiger partial charge in [0.25, 0.3) is 0 Å². The van der Waals surface area contributed by atoms with Crippen LogP contribution in [0.25, 0.3) is 0 Å². The van der Waals surface area contributed by atoms with Gasteiger partial charge in [0.2, 0.25) is 0 Å². The van der Waals surface area contributed by atoms with Crippen molar-refractivity contribution in [2.45, 2.75) is 25.5 Å². The molecule has 100 valence electrons. The summed E-state index contributed by atoms with van der Waals surface area (Å²) < 4.78 is 11.3. The Morgan fingerprint density at radius 3 is 2.89 bits per heavy atom. The minimum atomic E-state index is -0.153. The number of hydrogen-bond donors (Lipinski definition) is 1. The van der Waals surface area contributed by atoms with Crippen molar-refractivity contribution >= 4 is 11.6 Å². The van der Waals surface area contributed by atoms with Crippen LogP contribution >= 0.6 is 11.6 Å². The van der Waals surface area contributed by atoms with Gasteiger partial charge in [0.15, 0.2) is 0 Å². The van der Waals surface area contributed by atoms with Crippen LogP contribution in [0.5, 0.6) is 0 Å².